The van der Waals surface area contributed by atoms with Gasteiger partial charge in [0.25, 0.3) is 11.1 Å². The highest BCUT2D eigenvalue weighted by atomic mass is 35.5. The number of aromatic nitrogens is 2. The molecular weight excluding hydrogens is 339 g/mol. The van der Waals surface area contributed by atoms with Crippen LogP contribution in [0.4, 0.5) is 0 Å². The molecule has 0 radical (unpaired) electrons. The summed E-state index contributed by atoms with van der Waals surface area (Å²) in [5.41, 5.74) is 0.488. The lowest BCUT2D eigenvalue weighted by Crippen LogP contribution is -2.28. The number of benzene rings is 1. The van der Waals surface area contributed by atoms with Crippen molar-refractivity contribution < 1.29 is 5.11 Å². The number of pyridine rings is 1. The van der Waals surface area contributed by atoms with E-state index in [1.165, 1.54) is 22.9 Å². The second kappa shape index (κ2) is 5.76. The minimum Gasteiger partial charge on any atom is -0.506 e. The highest BCUT2D eigenvalue weighted by Crippen LogP contribution is 2.23. The quantitative estimate of drug-likeness (QED) is 0.772. The molecule has 1 N–H and O–H groups in total. The van der Waals surface area contributed by atoms with Crippen molar-refractivity contribution in [2.75, 3.05) is 0 Å². The number of rotatable bonds is 2. The van der Waals surface area contributed by atoms with Gasteiger partial charge in [-0.3, -0.25) is 14.0 Å². The third-order valence-corrected chi connectivity index (χ3v) is 4.36. The van der Waals surface area contributed by atoms with E-state index in [4.69, 9.17) is 23.2 Å². The molecule has 0 aliphatic rings. The van der Waals surface area contributed by atoms with Gasteiger partial charge in [0.05, 0.1) is 16.6 Å². The molecule has 7 heteroatoms. The third-order valence-electron chi connectivity index (χ3n) is 3.62. The first-order valence-electron chi connectivity index (χ1n) is 6.77. The van der Waals surface area contributed by atoms with E-state index in [1.54, 1.807) is 25.1 Å². The van der Waals surface area contributed by atoms with Crippen molar-refractivity contribution >= 4 is 28.7 Å². The number of nitrogens with zero attached hydrogens (tertiary/aromatic N) is 2. The van der Waals surface area contributed by atoms with Crippen LogP contribution in [0.2, 0.25) is 10.0 Å². The fourth-order valence-electron chi connectivity index (χ4n) is 2.45. The molecule has 0 bridgehead atoms. The van der Waals surface area contributed by atoms with Gasteiger partial charge in [-0.2, -0.15) is 0 Å². The van der Waals surface area contributed by atoms with Gasteiger partial charge < -0.3 is 9.67 Å². The second-order valence-corrected chi connectivity index (χ2v) is 6.00. The van der Waals surface area contributed by atoms with Crippen molar-refractivity contribution in [3.8, 4) is 5.75 Å². The molecule has 23 heavy (non-hydrogen) atoms. The Kier molecular flexibility index (Phi) is 3.92. The molecule has 118 valence electrons. The van der Waals surface area contributed by atoms with Crippen LogP contribution in [0.5, 0.6) is 5.75 Å². The second-order valence-electron chi connectivity index (χ2n) is 5.19. The summed E-state index contributed by atoms with van der Waals surface area (Å²) < 4.78 is 2.62. The van der Waals surface area contributed by atoms with Crippen LogP contribution in [0, 0.1) is 6.92 Å². The summed E-state index contributed by atoms with van der Waals surface area (Å²) >= 11 is 11.9. The van der Waals surface area contributed by atoms with Crippen LogP contribution < -0.4 is 11.1 Å². The Balaban J connectivity index is 2.22. The largest absolute Gasteiger partial charge is 0.506 e. The van der Waals surface area contributed by atoms with Gasteiger partial charge in [0.2, 0.25) is 0 Å². The van der Waals surface area contributed by atoms with Gasteiger partial charge in [0.15, 0.2) is 5.52 Å². The molecule has 0 unspecified atom stereocenters. The molecule has 3 aromatic rings. The Labute approximate surface area is 141 Å². The summed E-state index contributed by atoms with van der Waals surface area (Å²) in [5.74, 6) is -0.238. The van der Waals surface area contributed by atoms with Crippen molar-refractivity contribution in [2.45, 2.75) is 13.5 Å². The zero-order valence-electron chi connectivity index (χ0n) is 12.1. The summed E-state index contributed by atoms with van der Waals surface area (Å²) in [7, 11) is 0. The van der Waals surface area contributed by atoms with Crippen LogP contribution in [0.1, 0.15) is 11.3 Å². The van der Waals surface area contributed by atoms with Crippen molar-refractivity contribution in [1.82, 2.24) is 8.97 Å². The molecule has 0 amide bonds. The number of halogens is 2. The predicted molar refractivity (Wildman–Crippen MR) is 89.9 cm³/mol. The van der Waals surface area contributed by atoms with E-state index in [0.717, 1.165) is 9.96 Å². The Morgan fingerprint density at radius 1 is 1.09 bits per heavy atom. The lowest BCUT2D eigenvalue weighted by atomic mass is 10.2. The predicted octanol–water partition coefficient (Wildman–Crippen LogP) is 2.83. The molecule has 2 aromatic heterocycles. The monoisotopic (exact) mass is 350 g/mol. The topological polar surface area (TPSA) is 63.7 Å². The van der Waals surface area contributed by atoms with Gasteiger partial charge in [-0.25, -0.2) is 0 Å². The maximum absolute atomic E-state index is 12.7. The maximum Gasteiger partial charge on any atom is 0.279 e. The van der Waals surface area contributed by atoms with E-state index in [-0.39, 0.29) is 23.4 Å². The van der Waals surface area contributed by atoms with E-state index in [1.807, 2.05) is 0 Å². The average molecular weight is 351 g/mol. The molecule has 0 saturated carbocycles. The molecule has 1 aromatic carbocycles. The van der Waals surface area contributed by atoms with Gasteiger partial charge in [0.1, 0.15) is 5.75 Å². The van der Waals surface area contributed by atoms with Gasteiger partial charge in [0, 0.05) is 18.0 Å². The van der Waals surface area contributed by atoms with E-state index in [0.29, 0.717) is 15.7 Å². The summed E-state index contributed by atoms with van der Waals surface area (Å²) in [4.78, 5) is 24.5. The van der Waals surface area contributed by atoms with E-state index >= 15 is 0 Å². The molecule has 2 heterocycles. The van der Waals surface area contributed by atoms with Crippen molar-refractivity contribution in [1.29, 1.82) is 0 Å². The molecule has 0 fully saturated rings. The minimum atomic E-state index is -0.453. The normalized spacial score (nSPS) is 11.1. The molecule has 5 nitrogen and oxygen atoms in total. The molecule has 0 spiro atoms. The molecular formula is C16H12Cl2N2O3. The standard InChI is InChI=1S/C16H12Cl2N2O3/c1-9-7-20-14(22)5-4-13(21)15(20)16(23)19(9)8-10-2-3-11(17)12(18)6-10/h2-7,21H,8H2,1H3. The fourth-order valence-corrected chi connectivity index (χ4v) is 2.77. The van der Waals surface area contributed by atoms with E-state index in [2.05, 4.69) is 0 Å². The molecule has 3 rings (SSSR count). The number of aromatic hydroxyl groups is 1. The fraction of sp³-hybridized carbons (Fsp3) is 0.125. The smallest absolute Gasteiger partial charge is 0.279 e. The third kappa shape index (κ3) is 2.73. The number of aryl methyl sites for hydroxylation is 1. The minimum absolute atomic E-state index is 0.0526. The number of fused-ring (bicyclic) bond motifs is 1. The van der Waals surface area contributed by atoms with Crippen LogP contribution in [0.15, 0.2) is 46.1 Å². The van der Waals surface area contributed by atoms with Crippen LogP contribution in [0.25, 0.3) is 5.52 Å². The summed E-state index contributed by atoms with van der Waals surface area (Å²) in [6, 6.07) is 7.53. The summed E-state index contributed by atoms with van der Waals surface area (Å²) in [5, 5.41) is 10.8. The van der Waals surface area contributed by atoms with Crippen molar-refractivity contribution in [3.05, 3.63) is 78.5 Å². The zero-order chi connectivity index (χ0) is 16.7. The van der Waals surface area contributed by atoms with Crippen LogP contribution >= 0.6 is 23.2 Å². The number of hydrogen-bond acceptors (Lipinski definition) is 3. The first kappa shape index (κ1) is 15.6. The van der Waals surface area contributed by atoms with Crippen LogP contribution in [-0.4, -0.2) is 14.1 Å². The summed E-state index contributed by atoms with van der Waals surface area (Å²) in [6.45, 7) is 1.97. The SMILES string of the molecule is Cc1cn2c(=O)ccc(O)c2c(=O)n1Cc1ccc(Cl)c(Cl)c1. The van der Waals surface area contributed by atoms with E-state index < -0.39 is 5.56 Å². The highest BCUT2D eigenvalue weighted by molar-refractivity contribution is 6.42. The first-order valence-corrected chi connectivity index (χ1v) is 7.53. The highest BCUT2D eigenvalue weighted by Gasteiger charge is 2.12. The maximum atomic E-state index is 12.7. The Morgan fingerprint density at radius 3 is 2.52 bits per heavy atom. The van der Waals surface area contributed by atoms with Crippen LogP contribution in [-0.2, 0) is 6.54 Å². The first-order chi connectivity index (χ1) is 10.9. The molecule has 0 aliphatic heterocycles. The average Bonchev–Trinajstić information content (AvgIpc) is 2.50. The Hall–Kier alpha value is -2.24. The Bertz CT molecular complexity index is 1040. The molecule has 0 saturated heterocycles. The lowest BCUT2D eigenvalue weighted by molar-refractivity contribution is 0.476. The summed E-state index contributed by atoms with van der Waals surface area (Å²) in [6.07, 6.45) is 1.52. The van der Waals surface area contributed by atoms with Crippen LogP contribution in [0.3, 0.4) is 0 Å². The Morgan fingerprint density at radius 2 is 1.83 bits per heavy atom. The van der Waals surface area contributed by atoms with E-state index in [9.17, 15) is 14.7 Å². The molecule has 0 atom stereocenters. The van der Waals surface area contributed by atoms with Gasteiger partial charge in [-0.1, -0.05) is 29.3 Å². The van der Waals surface area contributed by atoms with Gasteiger partial charge in [-0.15, -0.1) is 0 Å². The lowest BCUT2D eigenvalue weighted by Gasteiger charge is -2.13. The van der Waals surface area contributed by atoms with Gasteiger partial charge >= 0.3 is 0 Å². The van der Waals surface area contributed by atoms with Crippen molar-refractivity contribution in [3.63, 3.8) is 0 Å². The zero-order valence-corrected chi connectivity index (χ0v) is 13.6. The number of hydrogen-bond donors (Lipinski definition) is 1. The molecule has 0 aliphatic carbocycles. The van der Waals surface area contributed by atoms with Gasteiger partial charge in [-0.05, 0) is 30.7 Å². The van der Waals surface area contributed by atoms with Crippen molar-refractivity contribution in [2.24, 2.45) is 0 Å².